The van der Waals surface area contributed by atoms with Crippen LogP contribution in [0.2, 0.25) is 5.15 Å². The topological polar surface area (TPSA) is 59.4 Å². The second kappa shape index (κ2) is 5.62. The lowest BCUT2D eigenvalue weighted by atomic mass is 10.3. The molecule has 0 bridgehead atoms. The average molecular weight is 330 g/mol. The van der Waals surface area contributed by atoms with Gasteiger partial charge in [-0.25, -0.2) is 15.0 Å². The highest BCUT2D eigenvalue weighted by Crippen LogP contribution is 2.20. The Bertz CT molecular complexity index is 912. The molecule has 0 unspecified atom stereocenters. The fourth-order valence-electron chi connectivity index (χ4n) is 2.32. The van der Waals surface area contributed by atoms with E-state index in [1.165, 1.54) is 0 Å². The summed E-state index contributed by atoms with van der Waals surface area (Å²) < 4.78 is 2.01. The number of nitrogens with zero attached hydrogens (tertiary/aromatic N) is 4. The van der Waals surface area contributed by atoms with Crippen molar-refractivity contribution >= 4 is 45.6 Å². The average Bonchev–Trinajstić information content (AvgIpc) is 3.11. The molecule has 1 aromatic carbocycles. The number of hydrogen-bond donors (Lipinski definition) is 1. The van der Waals surface area contributed by atoms with Crippen molar-refractivity contribution in [1.29, 1.82) is 0 Å². The molecule has 110 valence electrons. The third kappa shape index (κ3) is 2.55. The van der Waals surface area contributed by atoms with E-state index in [-0.39, 0.29) is 0 Å². The number of fused-ring (bicyclic) bond motifs is 2. The molecule has 22 heavy (non-hydrogen) atoms. The zero-order valence-electron chi connectivity index (χ0n) is 11.5. The van der Waals surface area contributed by atoms with Gasteiger partial charge in [0.1, 0.15) is 10.7 Å². The van der Waals surface area contributed by atoms with Crippen LogP contribution in [0.1, 0.15) is 0 Å². The van der Waals surface area contributed by atoms with Gasteiger partial charge in [-0.2, -0.15) is 0 Å². The Labute approximate surface area is 135 Å². The molecule has 0 aliphatic rings. The van der Waals surface area contributed by atoms with E-state index in [2.05, 4.69) is 19.9 Å². The molecule has 4 rings (SSSR count). The minimum atomic E-state index is 0.485. The number of nitrogens with one attached hydrogen (secondary N) is 1. The van der Waals surface area contributed by atoms with Gasteiger partial charge in [-0.15, -0.1) is 0 Å². The van der Waals surface area contributed by atoms with Crippen molar-refractivity contribution in [2.45, 2.75) is 11.7 Å². The van der Waals surface area contributed by atoms with Crippen molar-refractivity contribution in [1.82, 2.24) is 24.5 Å². The summed E-state index contributed by atoms with van der Waals surface area (Å²) in [6.07, 6.45) is 1.80. The van der Waals surface area contributed by atoms with Crippen LogP contribution in [0.25, 0.3) is 22.2 Å². The van der Waals surface area contributed by atoms with Crippen molar-refractivity contribution in [3.63, 3.8) is 0 Å². The van der Waals surface area contributed by atoms with E-state index in [0.717, 1.165) is 39.7 Å². The Kier molecular flexibility index (Phi) is 3.48. The number of hydrogen-bond acceptors (Lipinski definition) is 4. The van der Waals surface area contributed by atoms with Crippen LogP contribution in [0.15, 0.2) is 47.9 Å². The lowest BCUT2D eigenvalue weighted by molar-refractivity contribution is 0.786. The summed E-state index contributed by atoms with van der Waals surface area (Å²) in [6.45, 7) is 0.797. The van der Waals surface area contributed by atoms with Gasteiger partial charge in [-0.05, 0) is 24.3 Å². The van der Waals surface area contributed by atoms with Gasteiger partial charge in [0, 0.05) is 12.3 Å². The van der Waals surface area contributed by atoms with E-state index in [4.69, 9.17) is 11.6 Å². The number of halogens is 1. The molecule has 7 heteroatoms. The zero-order valence-corrected chi connectivity index (χ0v) is 13.1. The summed E-state index contributed by atoms with van der Waals surface area (Å²) in [5, 5.41) is 1.41. The van der Waals surface area contributed by atoms with Crippen LogP contribution < -0.4 is 0 Å². The predicted molar refractivity (Wildman–Crippen MR) is 89.4 cm³/mol. The summed E-state index contributed by atoms with van der Waals surface area (Å²) in [5.74, 6) is 0.874. The summed E-state index contributed by atoms with van der Waals surface area (Å²) >= 11 is 7.63. The van der Waals surface area contributed by atoms with Crippen molar-refractivity contribution < 1.29 is 0 Å². The minimum absolute atomic E-state index is 0.485. The van der Waals surface area contributed by atoms with Gasteiger partial charge < -0.3 is 9.55 Å². The fourth-order valence-corrected chi connectivity index (χ4v) is 3.29. The summed E-state index contributed by atoms with van der Waals surface area (Å²) in [5.41, 5.74) is 3.73. The molecule has 3 heterocycles. The van der Waals surface area contributed by atoms with Gasteiger partial charge in [0.15, 0.2) is 10.8 Å². The third-order valence-electron chi connectivity index (χ3n) is 3.37. The molecule has 0 aliphatic heterocycles. The summed E-state index contributed by atoms with van der Waals surface area (Å²) in [4.78, 5) is 16.5. The molecule has 0 atom stereocenters. The molecule has 0 radical (unpaired) electrons. The van der Waals surface area contributed by atoms with E-state index < -0.39 is 0 Å². The molecule has 0 saturated heterocycles. The fraction of sp³-hybridized carbons (Fsp3) is 0.133. The maximum Gasteiger partial charge on any atom is 0.166 e. The molecule has 1 N–H and O–H groups in total. The highest BCUT2D eigenvalue weighted by Gasteiger charge is 2.06. The predicted octanol–water partition coefficient (Wildman–Crippen LogP) is 3.75. The molecule has 0 fully saturated rings. The number of para-hydroxylation sites is 2. The number of aromatic nitrogens is 5. The van der Waals surface area contributed by atoms with Crippen molar-refractivity contribution in [3.8, 4) is 0 Å². The lowest BCUT2D eigenvalue weighted by Gasteiger charge is -2.02. The first-order valence-electron chi connectivity index (χ1n) is 6.84. The van der Waals surface area contributed by atoms with Gasteiger partial charge in [-0.3, -0.25) is 0 Å². The summed E-state index contributed by atoms with van der Waals surface area (Å²) in [6, 6.07) is 11.7. The van der Waals surface area contributed by atoms with E-state index in [1.807, 2.05) is 34.9 Å². The van der Waals surface area contributed by atoms with Gasteiger partial charge in [-0.1, -0.05) is 35.5 Å². The number of thioether (sulfide) groups is 1. The Morgan fingerprint density at radius 2 is 2.00 bits per heavy atom. The van der Waals surface area contributed by atoms with E-state index >= 15 is 0 Å². The second-order valence-electron chi connectivity index (χ2n) is 4.82. The normalized spacial score (nSPS) is 11.5. The first-order valence-corrected chi connectivity index (χ1v) is 8.21. The van der Waals surface area contributed by atoms with E-state index in [9.17, 15) is 0 Å². The Morgan fingerprint density at radius 3 is 2.91 bits per heavy atom. The van der Waals surface area contributed by atoms with E-state index in [0.29, 0.717) is 5.15 Å². The number of aromatic amines is 1. The molecular formula is C15H12ClN5S. The highest BCUT2D eigenvalue weighted by atomic mass is 35.5. The SMILES string of the molecule is Clc1ccc2ncn(CCSc3nc4ccccc4[nH]3)c2n1. The maximum atomic E-state index is 5.95. The zero-order chi connectivity index (χ0) is 14.9. The van der Waals surface area contributed by atoms with Crippen molar-refractivity contribution in [2.75, 3.05) is 5.75 Å². The van der Waals surface area contributed by atoms with Crippen LogP contribution in [0.4, 0.5) is 0 Å². The molecular weight excluding hydrogens is 318 g/mol. The van der Waals surface area contributed by atoms with Crippen molar-refractivity contribution in [2.24, 2.45) is 0 Å². The largest absolute Gasteiger partial charge is 0.333 e. The molecule has 0 aliphatic carbocycles. The lowest BCUT2D eigenvalue weighted by Crippen LogP contribution is -2.00. The van der Waals surface area contributed by atoms with Crippen LogP contribution in [-0.2, 0) is 6.54 Å². The van der Waals surface area contributed by atoms with Crippen LogP contribution >= 0.6 is 23.4 Å². The third-order valence-corrected chi connectivity index (χ3v) is 4.43. The van der Waals surface area contributed by atoms with Gasteiger partial charge >= 0.3 is 0 Å². The van der Waals surface area contributed by atoms with Crippen LogP contribution in [0, 0.1) is 0 Å². The molecule has 0 saturated carbocycles. The maximum absolute atomic E-state index is 5.95. The van der Waals surface area contributed by atoms with Crippen molar-refractivity contribution in [3.05, 3.63) is 47.9 Å². The summed E-state index contributed by atoms with van der Waals surface area (Å²) in [7, 11) is 0. The number of benzene rings is 1. The standard InChI is InChI=1S/C15H12ClN5S/c16-13-6-5-12-14(20-13)21(9-17-12)7-8-22-15-18-10-3-1-2-4-11(10)19-15/h1-6,9H,7-8H2,(H,18,19). The van der Waals surface area contributed by atoms with E-state index in [1.54, 1.807) is 24.2 Å². The minimum Gasteiger partial charge on any atom is -0.333 e. The highest BCUT2D eigenvalue weighted by molar-refractivity contribution is 7.99. The Hall–Kier alpha value is -2.05. The van der Waals surface area contributed by atoms with Gasteiger partial charge in [0.05, 0.1) is 17.4 Å². The smallest absolute Gasteiger partial charge is 0.166 e. The molecule has 0 spiro atoms. The number of imidazole rings is 2. The Morgan fingerprint density at radius 1 is 1.09 bits per heavy atom. The molecule has 3 aromatic heterocycles. The second-order valence-corrected chi connectivity index (χ2v) is 6.29. The van der Waals surface area contributed by atoms with Gasteiger partial charge in [0.2, 0.25) is 0 Å². The number of pyridine rings is 1. The Balaban J connectivity index is 1.48. The molecule has 5 nitrogen and oxygen atoms in total. The number of aryl methyl sites for hydroxylation is 1. The first kappa shape index (κ1) is 13.6. The van der Waals surface area contributed by atoms with Crippen LogP contribution in [0.5, 0.6) is 0 Å². The van der Waals surface area contributed by atoms with Crippen LogP contribution in [-0.4, -0.2) is 30.3 Å². The number of rotatable bonds is 4. The number of H-pyrrole nitrogens is 1. The first-order chi connectivity index (χ1) is 10.8. The molecule has 4 aromatic rings. The quantitative estimate of drug-likeness (QED) is 0.457. The monoisotopic (exact) mass is 329 g/mol. The van der Waals surface area contributed by atoms with Gasteiger partial charge in [0.25, 0.3) is 0 Å². The molecule has 0 amide bonds. The van der Waals surface area contributed by atoms with Crippen LogP contribution in [0.3, 0.4) is 0 Å².